The van der Waals surface area contributed by atoms with E-state index in [2.05, 4.69) is 40.7 Å². The second kappa shape index (κ2) is 20.7. The highest BCUT2D eigenvalue weighted by atomic mass is 16.8. The number of esters is 1. The highest BCUT2D eigenvalue weighted by Gasteiger charge is 2.72. The number of hydrogen-bond acceptors (Lipinski definition) is 22. The topological polar surface area (TPSA) is 354 Å². The van der Waals surface area contributed by atoms with E-state index in [9.17, 15) is 71.2 Å². The number of allylic oxidation sites excluding steroid dienone is 1. The molecule has 9 aliphatic rings. The molecule has 4 saturated heterocycles. The van der Waals surface area contributed by atoms with Crippen molar-refractivity contribution in [3.63, 3.8) is 0 Å². The molecule has 0 aromatic heterocycles. The summed E-state index contributed by atoms with van der Waals surface area (Å²) in [6.07, 6.45) is -22.7. The van der Waals surface area contributed by atoms with Crippen molar-refractivity contribution < 1.29 is 109 Å². The van der Waals surface area contributed by atoms with E-state index in [1.54, 1.807) is 6.92 Å². The van der Waals surface area contributed by atoms with E-state index in [0.29, 0.717) is 38.5 Å². The van der Waals surface area contributed by atoms with Crippen LogP contribution in [0.25, 0.3) is 0 Å². The molecule has 0 radical (unpaired) electrons. The lowest BCUT2D eigenvalue weighted by Gasteiger charge is -2.72. The van der Waals surface area contributed by atoms with Crippen LogP contribution in [0, 0.1) is 50.7 Å². The fraction of sp³-hybridized carbons (Fsp3) is 0.943. The fourth-order valence-corrected chi connectivity index (χ4v) is 16.4. The monoisotopic (exact) mass is 1070 g/mol. The Hall–Kier alpha value is -1.59. The second-order valence-corrected chi connectivity index (χ2v) is 25.5. The van der Waals surface area contributed by atoms with Gasteiger partial charge in [-0.2, -0.15) is 0 Å². The summed E-state index contributed by atoms with van der Waals surface area (Å²) < 4.78 is 48.4. The highest BCUT2D eigenvalue weighted by molar-refractivity contribution is 5.79. The molecule has 75 heavy (non-hydrogen) atoms. The molecule has 9 rings (SSSR count). The second-order valence-electron chi connectivity index (χ2n) is 25.5. The van der Waals surface area contributed by atoms with Gasteiger partial charge in [-0.15, -0.1) is 0 Å². The molecule has 4 heterocycles. The van der Waals surface area contributed by atoms with Crippen molar-refractivity contribution in [1.82, 2.24) is 0 Å². The van der Waals surface area contributed by atoms with Gasteiger partial charge in [0.05, 0.1) is 43.0 Å². The Bertz CT molecular complexity index is 2080. The SMILES string of the molecule is CC1OC(OC2C(OC3C(OC4CCC5(C)C(CCC6(C)C5CC=C5C7C(C(=O)OC8OC(CO)C(O)C(O)C8O)(CCC(C)C7(C)O)CCC56C)C4(C)C)OCC(O)C3O)OC(CO)C(O)C2O)C(O)C(O)C1O. The molecular weight excluding hydrogens is 989 g/mol. The van der Waals surface area contributed by atoms with Crippen molar-refractivity contribution in [1.29, 1.82) is 0 Å². The molecule has 430 valence electrons. The normalized spacial score (nSPS) is 55.8. The maximum absolute atomic E-state index is 14.8. The molecule has 0 spiro atoms. The molecule has 13 N–H and O–H groups in total. The summed E-state index contributed by atoms with van der Waals surface area (Å²) in [6.45, 7) is 14.8. The first-order valence-corrected chi connectivity index (χ1v) is 27.3. The van der Waals surface area contributed by atoms with Crippen LogP contribution in [0.2, 0.25) is 0 Å². The Morgan fingerprint density at radius 1 is 0.613 bits per heavy atom. The van der Waals surface area contributed by atoms with Crippen LogP contribution in [0.4, 0.5) is 0 Å². The van der Waals surface area contributed by atoms with Crippen molar-refractivity contribution >= 4 is 5.97 Å². The quantitative estimate of drug-likeness (QED) is 0.0680. The predicted octanol–water partition coefficient (Wildman–Crippen LogP) is -1.40. The molecule has 0 aromatic carbocycles. The Balaban J connectivity index is 0.958. The Labute approximate surface area is 437 Å². The molecule has 8 fully saturated rings. The molecule has 4 saturated carbocycles. The zero-order valence-electron chi connectivity index (χ0n) is 44.4. The molecule has 0 amide bonds. The maximum Gasteiger partial charge on any atom is 0.315 e. The molecule has 4 aliphatic heterocycles. The first-order valence-electron chi connectivity index (χ1n) is 27.3. The van der Waals surface area contributed by atoms with Gasteiger partial charge in [-0.05, 0) is 111 Å². The molecule has 22 nitrogen and oxygen atoms in total. The van der Waals surface area contributed by atoms with Gasteiger partial charge in [-0.3, -0.25) is 4.79 Å². The van der Waals surface area contributed by atoms with Crippen LogP contribution in [0.1, 0.15) is 113 Å². The van der Waals surface area contributed by atoms with Crippen molar-refractivity contribution in [2.75, 3.05) is 19.8 Å². The summed E-state index contributed by atoms with van der Waals surface area (Å²) in [7, 11) is 0. The van der Waals surface area contributed by atoms with Crippen LogP contribution < -0.4 is 0 Å². The van der Waals surface area contributed by atoms with Gasteiger partial charge in [0.2, 0.25) is 6.29 Å². The Kier molecular flexibility index (Phi) is 16.1. The fourth-order valence-electron chi connectivity index (χ4n) is 16.4. The minimum absolute atomic E-state index is 0.0902. The number of carbonyl (C=O) groups excluding carboxylic acids is 1. The van der Waals surface area contributed by atoms with Crippen molar-refractivity contribution in [3.05, 3.63) is 11.6 Å². The molecular formula is C53H86O22. The average molecular weight is 1080 g/mol. The number of carbonyl (C=O) groups is 1. The van der Waals surface area contributed by atoms with E-state index < -0.39 is 170 Å². The number of aliphatic hydroxyl groups is 13. The summed E-state index contributed by atoms with van der Waals surface area (Å²) in [5.74, 6) is -1.26. The highest BCUT2D eigenvalue weighted by Crippen LogP contribution is 2.76. The van der Waals surface area contributed by atoms with Crippen LogP contribution in [0.5, 0.6) is 0 Å². The van der Waals surface area contributed by atoms with Crippen LogP contribution in [0.15, 0.2) is 11.6 Å². The van der Waals surface area contributed by atoms with E-state index in [-0.39, 0.29) is 35.2 Å². The number of fused-ring (bicyclic) bond motifs is 7. The third-order valence-corrected chi connectivity index (χ3v) is 21.4. The molecule has 29 unspecified atom stereocenters. The zero-order chi connectivity index (χ0) is 54.9. The molecule has 29 atom stereocenters. The smallest absolute Gasteiger partial charge is 0.315 e. The van der Waals surface area contributed by atoms with E-state index >= 15 is 0 Å². The van der Waals surface area contributed by atoms with E-state index in [1.165, 1.54) is 6.92 Å². The van der Waals surface area contributed by atoms with Gasteiger partial charge < -0.3 is 104 Å². The minimum atomic E-state index is -1.83. The third kappa shape index (κ3) is 9.12. The Morgan fingerprint density at radius 2 is 1.21 bits per heavy atom. The third-order valence-electron chi connectivity index (χ3n) is 21.4. The number of ether oxygens (including phenoxy) is 8. The zero-order valence-corrected chi connectivity index (χ0v) is 44.4. The van der Waals surface area contributed by atoms with Gasteiger partial charge in [-0.25, -0.2) is 0 Å². The summed E-state index contributed by atoms with van der Waals surface area (Å²) in [5.41, 5.74) is -3.08. The van der Waals surface area contributed by atoms with Gasteiger partial charge in [0.15, 0.2) is 18.9 Å². The number of rotatable bonds is 10. The van der Waals surface area contributed by atoms with Crippen molar-refractivity contribution in [3.8, 4) is 0 Å². The number of hydrogen-bond donors (Lipinski definition) is 13. The lowest BCUT2D eigenvalue weighted by atomic mass is 9.33. The van der Waals surface area contributed by atoms with Gasteiger partial charge >= 0.3 is 5.97 Å². The predicted molar refractivity (Wildman–Crippen MR) is 257 cm³/mol. The standard InChI is InChI=1S/C53H86O22/c1-22-11-16-53(47(66)75-44-39(65)36(62)33(59)26(19-54)70-44)18-17-50(6)24(42(53)52(22,8)67)9-10-29-49(5)14-13-30(48(3,4)28(49)12-15-51(29,50)7)72-45-40(32(58)25(56)21-68-45)74-46-41(37(63)34(60)27(20-55)71-46)73-43-38(64)35(61)31(57)23(2)69-43/h9,22-23,25-46,54-65,67H,10-21H2,1-8H3. The van der Waals surface area contributed by atoms with Crippen molar-refractivity contribution in [2.45, 2.75) is 242 Å². The average Bonchev–Trinajstić information content (AvgIpc) is 3.38. The summed E-state index contributed by atoms with van der Waals surface area (Å²) in [6, 6.07) is 0. The van der Waals surface area contributed by atoms with Gasteiger partial charge in [0, 0.05) is 5.92 Å². The number of aliphatic hydroxyl groups excluding tert-OH is 12. The Morgan fingerprint density at radius 3 is 1.88 bits per heavy atom. The van der Waals surface area contributed by atoms with Crippen LogP contribution in [-0.2, 0) is 42.7 Å². The summed E-state index contributed by atoms with van der Waals surface area (Å²) in [5, 5.41) is 141. The minimum Gasteiger partial charge on any atom is -0.432 e. The summed E-state index contributed by atoms with van der Waals surface area (Å²) >= 11 is 0. The van der Waals surface area contributed by atoms with E-state index in [1.807, 2.05) is 6.92 Å². The van der Waals surface area contributed by atoms with Crippen LogP contribution in [0.3, 0.4) is 0 Å². The van der Waals surface area contributed by atoms with Gasteiger partial charge in [0.1, 0.15) is 85.5 Å². The first kappa shape index (κ1) is 58.1. The largest absolute Gasteiger partial charge is 0.432 e. The molecule has 0 aromatic rings. The molecule has 0 bridgehead atoms. The summed E-state index contributed by atoms with van der Waals surface area (Å²) in [4.78, 5) is 14.8. The van der Waals surface area contributed by atoms with E-state index in [4.69, 9.17) is 37.9 Å². The molecule has 22 heteroatoms. The van der Waals surface area contributed by atoms with Crippen LogP contribution in [-0.4, -0.2) is 221 Å². The lowest BCUT2D eigenvalue weighted by molar-refractivity contribution is -0.392. The molecule has 5 aliphatic carbocycles. The lowest BCUT2D eigenvalue weighted by Crippen LogP contribution is -2.68. The van der Waals surface area contributed by atoms with Gasteiger partial charge in [-0.1, -0.05) is 53.2 Å². The first-order chi connectivity index (χ1) is 35.0. The van der Waals surface area contributed by atoms with Gasteiger partial charge in [0.25, 0.3) is 0 Å². The van der Waals surface area contributed by atoms with Crippen LogP contribution >= 0.6 is 0 Å². The van der Waals surface area contributed by atoms with E-state index in [0.717, 1.165) is 24.8 Å². The maximum atomic E-state index is 14.8. The van der Waals surface area contributed by atoms with Crippen molar-refractivity contribution in [2.24, 2.45) is 50.7 Å².